The van der Waals surface area contributed by atoms with Crippen molar-refractivity contribution in [3.8, 4) is 0 Å². The quantitative estimate of drug-likeness (QED) is 0.897. The van der Waals surface area contributed by atoms with Gasteiger partial charge in [0.15, 0.2) is 9.84 Å². The van der Waals surface area contributed by atoms with E-state index in [1.807, 2.05) is 11.8 Å². The zero-order chi connectivity index (χ0) is 16.3. The summed E-state index contributed by atoms with van der Waals surface area (Å²) in [6.45, 7) is 5.36. The molecule has 0 unspecified atom stereocenters. The summed E-state index contributed by atoms with van der Waals surface area (Å²) >= 11 is 1.87. The number of urea groups is 1. The van der Waals surface area contributed by atoms with Crippen LogP contribution in [-0.2, 0) is 9.84 Å². The third-order valence-electron chi connectivity index (χ3n) is 3.70. The second-order valence-electron chi connectivity index (χ2n) is 5.64. The summed E-state index contributed by atoms with van der Waals surface area (Å²) in [4.78, 5) is 14.4. The molecular formula is C15H22N2O3S2. The maximum Gasteiger partial charge on any atom is 0.321 e. The first-order valence-corrected chi connectivity index (χ1v) is 10.2. The molecule has 2 amide bonds. The van der Waals surface area contributed by atoms with Gasteiger partial charge in [-0.15, -0.1) is 0 Å². The van der Waals surface area contributed by atoms with E-state index < -0.39 is 9.84 Å². The van der Waals surface area contributed by atoms with Crippen LogP contribution in [0.4, 0.5) is 10.5 Å². The molecule has 0 aliphatic carbocycles. The maximum atomic E-state index is 12.3. The van der Waals surface area contributed by atoms with E-state index in [1.54, 1.807) is 24.0 Å². The highest BCUT2D eigenvalue weighted by atomic mass is 32.2. The van der Waals surface area contributed by atoms with E-state index in [2.05, 4.69) is 12.2 Å². The summed E-state index contributed by atoms with van der Waals surface area (Å²) in [5.74, 6) is 0.928. The first-order chi connectivity index (χ1) is 10.3. The number of rotatable bonds is 2. The van der Waals surface area contributed by atoms with Crippen molar-refractivity contribution in [2.45, 2.75) is 30.4 Å². The number of nitrogens with zero attached hydrogens (tertiary/aromatic N) is 1. The highest BCUT2D eigenvalue weighted by molar-refractivity contribution is 7.99. The molecule has 1 aliphatic heterocycles. The van der Waals surface area contributed by atoms with E-state index in [4.69, 9.17) is 0 Å². The Labute approximate surface area is 136 Å². The van der Waals surface area contributed by atoms with Gasteiger partial charge in [0, 0.05) is 36.0 Å². The minimum absolute atomic E-state index is 0.169. The third-order valence-corrected chi connectivity index (χ3v) is 6.16. The standard InChI is InChI=1S/C15H22N2O3S2/c1-11-4-5-13(10-14(11)22(3,19)20)16-15(18)17-7-6-12(2)21-9-8-17/h4-5,10,12H,6-9H2,1-3H3,(H,16,18)/t12-/m0/s1. The van der Waals surface area contributed by atoms with Crippen molar-refractivity contribution >= 4 is 33.3 Å². The monoisotopic (exact) mass is 342 g/mol. The molecule has 1 aromatic carbocycles. The SMILES string of the molecule is Cc1ccc(NC(=O)N2CCS[C@@H](C)CC2)cc1S(C)(=O)=O. The Balaban J connectivity index is 2.12. The van der Waals surface area contributed by atoms with Gasteiger partial charge in [-0.25, -0.2) is 13.2 Å². The number of benzene rings is 1. The number of hydrogen-bond donors (Lipinski definition) is 1. The average Bonchev–Trinajstić information content (AvgIpc) is 2.64. The first-order valence-electron chi connectivity index (χ1n) is 7.25. The minimum atomic E-state index is -3.30. The van der Waals surface area contributed by atoms with Crippen LogP contribution in [0.15, 0.2) is 23.1 Å². The number of aryl methyl sites for hydroxylation is 1. The smallest absolute Gasteiger partial charge is 0.321 e. The van der Waals surface area contributed by atoms with Crippen molar-refractivity contribution in [3.63, 3.8) is 0 Å². The Bertz CT molecular complexity index is 659. The van der Waals surface area contributed by atoms with Crippen LogP contribution in [0.25, 0.3) is 0 Å². The first kappa shape index (κ1) is 17.1. The molecule has 22 heavy (non-hydrogen) atoms. The minimum Gasteiger partial charge on any atom is -0.324 e. The Hall–Kier alpha value is -1.21. The topological polar surface area (TPSA) is 66.5 Å². The van der Waals surface area contributed by atoms with Crippen molar-refractivity contribution in [1.29, 1.82) is 0 Å². The lowest BCUT2D eigenvalue weighted by atomic mass is 10.2. The van der Waals surface area contributed by atoms with Gasteiger partial charge in [0.05, 0.1) is 4.90 Å². The number of sulfone groups is 1. The lowest BCUT2D eigenvalue weighted by Gasteiger charge is -2.21. The summed E-state index contributed by atoms with van der Waals surface area (Å²) in [5.41, 5.74) is 1.20. The normalized spacial score (nSPS) is 19.6. The predicted molar refractivity (Wildman–Crippen MR) is 91.4 cm³/mol. The van der Waals surface area contributed by atoms with E-state index in [-0.39, 0.29) is 10.9 Å². The summed E-state index contributed by atoms with van der Waals surface area (Å²) in [7, 11) is -3.30. The second kappa shape index (κ2) is 6.91. The molecule has 1 aromatic rings. The number of carbonyl (C=O) groups is 1. The van der Waals surface area contributed by atoms with E-state index >= 15 is 0 Å². The molecule has 5 nitrogen and oxygen atoms in total. The van der Waals surface area contributed by atoms with Crippen molar-refractivity contribution in [3.05, 3.63) is 23.8 Å². The fourth-order valence-electron chi connectivity index (χ4n) is 2.38. The summed E-state index contributed by atoms with van der Waals surface area (Å²) < 4.78 is 23.5. The maximum absolute atomic E-state index is 12.3. The Morgan fingerprint density at radius 3 is 2.77 bits per heavy atom. The molecule has 0 radical (unpaired) electrons. The number of nitrogens with one attached hydrogen (secondary N) is 1. The van der Waals surface area contributed by atoms with Gasteiger partial charge < -0.3 is 10.2 Å². The average molecular weight is 342 g/mol. The van der Waals surface area contributed by atoms with Gasteiger partial charge in [0.25, 0.3) is 0 Å². The van der Waals surface area contributed by atoms with Crippen molar-refractivity contribution < 1.29 is 13.2 Å². The van der Waals surface area contributed by atoms with Crippen LogP contribution < -0.4 is 5.32 Å². The summed E-state index contributed by atoms with van der Waals surface area (Å²) in [5, 5.41) is 3.37. The van der Waals surface area contributed by atoms with Crippen LogP contribution in [0.2, 0.25) is 0 Å². The van der Waals surface area contributed by atoms with Gasteiger partial charge in [-0.1, -0.05) is 13.0 Å². The van der Waals surface area contributed by atoms with Crippen molar-refractivity contribution in [1.82, 2.24) is 4.90 Å². The van der Waals surface area contributed by atoms with Gasteiger partial charge in [-0.3, -0.25) is 0 Å². The Morgan fingerprint density at radius 2 is 2.09 bits per heavy atom. The van der Waals surface area contributed by atoms with Crippen LogP contribution >= 0.6 is 11.8 Å². The molecule has 122 valence electrons. The van der Waals surface area contributed by atoms with Gasteiger partial charge >= 0.3 is 6.03 Å². The lowest BCUT2D eigenvalue weighted by molar-refractivity contribution is 0.215. The molecule has 7 heteroatoms. The highest BCUT2D eigenvalue weighted by Gasteiger charge is 2.19. The molecule has 0 bridgehead atoms. The third kappa shape index (κ3) is 4.39. The van der Waals surface area contributed by atoms with Gasteiger partial charge in [0.2, 0.25) is 0 Å². The van der Waals surface area contributed by atoms with Crippen LogP contribution in [0, 0.1) is 6.92 Å². The van der Waals surface area contributed by atoms with E-state index in [9.17, 15) is 13.2 Å². The zero-order valence-corrected chi connectivity index (χ0v) is 14.8. The number of anilines is 1. The number of amides is 2. The molecule has 1 saturated heterocycles. The lowest BCUT2D eigenvalue weighted by Crippen LogP contribution is -2.36. The molecule has 0 spiro atoms. The van der Waals surface area contributed by atoms with Crippen LogP contribution in [0.3, 0.4) is 0 Å². The van der Waals surface area contributed by atoms with Crippen LogP contribution in [-0.4, -0.2) is 49.7 Å². The highest BCUT2D eigenvalue weighted by Crippen LogP contribution is 2.22. The van der Waals surface area contributed by atoms with E-state index in [1.165, 1.54) is 12.3 Å². The molecule has 1 N–H and O–H groups in total. The van der Waals surface area contributed by atoms with E-state index in [0.717, 1.165) is 18.7 Å². The van der Waals surface area contributed by atoms with Crippen molar-refractivity contribution in [2.75, 3.05) is 30.4 Å². The Kier molecular flexibility index (Phi) is 5.39. The van der Waals surface area contributed by atoms with Gasteiger partial charge in [0.1, 0.15) is 0 Å². The Morgan fingerprint density at radius 1 is 1.36 bits per heavy atom. The molecule has 1 heterocycles. The van der Waals surface area contributed by atoms with Crippen molar-refractivity contribution in [2.24, 2.45) is 0 Å². The fourth-order valence-corrected chi connectivity index (χ4v) is 4.37. The van der Waals surface area contributed by atoms with Crippen LogP contribution in [0.5, 0.6) is 0 Å². The molecule has 1 atom stereocenters. The number of carbonyl (C=O) groups excluding carboxylic acids is 1. The predicted octanol–water partition coefficient (Wildman–Crippen LogP) is 2.76. The number of thioether (sulfide) groups is 1. The fraction of sp³-hybridized carbons (Fsp3) is 0.533. The summed E-state index contributed by atoms with van der Waals surface area (Å²) in [6.07, 6.45) is 2.15. The van der Waals surface area contributed by atoms with Gasteiger partial charge in [-0.2, -0.15) is 11.8 Å². The van der Waals surface area contributed by atoms with E-state index in [0.29, 0.717) is 23.0 Å². The largest absolute Gasteiger partial charge is 0.324 e. The van der Waals surface area contributed by atoms with Gasteiger partial charge in [-0.05, 0) is 31.0 Å². The molecule has 2 rings (SSSR count). The second-order valence-corrected chi connectivity index (χ2v) is 9.17. The molecule has 1 aliphatic rings. The molecule has 0 saturated carbocycles. The molecule has 0 aromatic heterocycles. The zero-order valence-electron chi connectivity index (χ0n) is 13.1. The molecule has 1 fully saturated rings. The number of hydrogen-bond acceptors (Lipinski definition) is 4. The van der Waals surface area contributed by atoms with Crippen LogP contribution in [0.1, 0.15) is 18.9 Å². The summed E-state index contributed by atoms with van der Waals surface area (Å²) in [6, 6.07) is 4.80. The molecular weight excluding hydrogens is 320 g/mol.